The molecule has 0 saturated carbocycles. The molecule has 0 aliphatic heterocycles. The van der Waals surface area contributed by atoms with Crippen LogP contribution in [0.15, 0.2) is 40.3 Å². The zero-order chi connectivity index (χ0) is 12.3. The summed E-state index contributed by atoms with van der Waals surface area (Å²) in [6.07, 6.45) is 0. The molecule has 0 radical (unpaired) electrons. The number of aromatic nitrogens is 2. The van der Waals surface area contributed by atoms with Crippen molar-refractivity contribution in [2.24, 2.45) is 0 Å². The topological polar surface area (TPSA) is 35.0 Å². The molecule has 0 atom stereocenters. The molecule has 0 N–H and O–H groups in total. The summed E-state index contributed by atoms with van der Waals surface area (Å²) in [5.41, 5.74) is 0.849. The Kier molecular flexibility index (Phi) is 3.86. The van der Waals surface area contributed by atoms with Gasteiger partial charge in [-0.25, -0.2) is 9.97 Å². The van der Waals surface area contributed by atoms with Crippen LogP contribution in [0.1, 0.15) is 5.69 Å². The number of nitrogens with zero attached hydrogens (tertiary/aromatic N) is 2. The van der Waals surface area contributed by atoms with E-state index < -0.39 is 0 Å². The number of hydrogen-bond acceptors (Lipinski definition) is 4. The first kappa shape index (κ1) is 12.2. The molecule has 88 valence electrons. The van der Waals surface area contributed by atoms with E-state index >= 15 is 0 Å². The van der Waals surface area contributed by atoms with Crippen LogP contribution in [-0.4, -0.2) is 17.1 Å². The van der Waals surface area contributed by atoms with Gasteiger partial charge in [0, 0.05) is 5.69 Å². The molecule has 0 unspecified atom stereocenters. The summed E-state index contributed by atoms with van der Waals surface area (Å²) in [6.45, 7) is 1.89. The van der Waals surface area contributed by atoms with E-state index in [0.717, 1.165) is 21.4 Å². The monoisotopic (exact) mass is 266 g/mol. The second-order valence-corrected chi connectivity index (χ2v) is 4.77. The van der Waals surface area contributed by atoms with E-state index in [-0.39, 0.29) is 5.28 Å². The number of ether oxygens (including phenoxy) is 1. The molecule has 0 bridgehead atoms. The van der Waals surface area contributed by atoms with E-state index in [0.29, 0.717) is 0 Å². The normalized spacial score (nSPS) is 10.3. The number of benzene rings is 1. The molecule has 0 aliphatic carbocycles. The molecule has 3 nitrogen and oxygen atoms in total. The van der Waals surface area contributed by atoms with Gasteiger partial charge in [-0.1, -0.05) is 23.9 Å². The highest BCUT2D eigenvalue weighted by atomic mass is 35.5. The van der Waals surface area contributed by atoms with Crippen LogP contribution in [-0.2, 0) is 0 Å². The van der Waals surface area contributed by atoms with Crippen molar-refractivity contribution >= 4 is 23.4 Å². The number of para-hydroxylation sites is 1. The highest BCUT2D eigenvalue weighted by Gasteiger charge is 2.06. The maximum atomic E-state index is 5.82. The number of halogens is 1. The summed E-state index contributed by atoms with van der Waals surface area (Å²) >= 11 is 7.33. The highest BCUT2D eigenvalue weighted by molar-refractivity contribution is 7.99. The van der Waals surface area contributed by atoms with E-state index in [4.69, 9.17) is 16.3 Å². The lowest BCUT2D eigenvalue weighted by atomic mass is 10.3. The Morgan fingerprint density at radius 1 is 1.24 bits per heavy atom. The quantitative estimate of drug-likeness (QED) is 0.628. The van der Waals surface area contributed by atoms with Crippen LogP contribution in [0, 0.1) is 6.92 Å². The van der Waals surface area contributed by atoms with Crippen LogP contribution in [0.3, 0.4) is 0 Å². The summed E-state index contributed by atoms with van der Waals surface area (Å²) in [6, 6.07) is 9.68. The third-order valence-electron chi connectivity index (χ3n) is 2.09. The maximum Gasteiger partial charge on any atom is 0.223 e. The number of hydrogen-bond donors (Lipinski definition) is 0. The minimum atomic E-state index is 0.266. The third kappa shape index (κ3) is 3.11. The van der Waals surface area contributed by atoms with E-state index in [9.17, 15) is 0 Å². The first-order chi connectivity index (χ1) is 8.19. The number of aryl methyl sites for hydroxylation is 1. The predicted molar refractivity (Wildman–Crippen MR) is 68.9 cm³/mol. The van der Waals surface area contributed by atoms with Gasteiger partial charge >= 0.3 is 0 Å². The zero-order valence-electron chi connectivity index (χ0n) is 9.48. The van der Waals surface area contributed by atoms with Crippen molar-refractivity contribution in [1.29, 1.82) is 0 Å². The van der Waals surface area contributed by atoms with Crippen LogP contribution in [0.5, 0.6) is 5.75 Å². The molecular formula is C12H11ClN2OS. The second kappa shape index (κ2) is 5.38. The molecule has 0 amide bonds. The van der Waals surface area contributed by atoms with Crippen LogP contribution in [0.4, 0.5) is 0 Å². The first-order valence-electron chi connectivity index (χ1n) is 5.01. The Bertz CT molecular complexity index is 513. The standard InChI is InChI=1S/C12H11ClN2OS/c1-8-7-11(15-12(13)14-8)17-10-6-4-3-5-9(10)16-2/h3-7H,1-2H3. The van der Waals surface area contributed by atoms with Crippen LogP contribution < -0.4 is 4.74 Å². The van der Waals surface area contributed by atoms with Crippen molar-refractivity contribution < 1.29 is 4.74 Å². The van der Waals surface area contributed by atoms with Crippen molar-refractivity contribution in [1.82, 2.24) is 9.97 Å². The second-order valence-electron chi connectivity index (χ2n) is 3.37. The van der Waals surface area contributed by atoms with Gasteiger partial charge in [-0.05, 0) is 36.7 Å². The maximum absolute atomic E-state index is 5.82. The number of rotatable bonds is 3. The van der Waals surface area contributed by atoms with Gasteiger partial charge in [-0.3, -0.25) is 0 Å². The molecule has 1 heterocycles. The summed E-state index contributed by atoms with van der Waals surface area (Å²) in [5.74, 6) is 0.824. The Hall–Kier alpha value is -1.26. The molecule has 2 rings (SSSR count). The minimum Gasteiger partial charge on any atom is -0.496 e. The van der Waals surface area contributed by atoms with Crippen LogP contribution >= 0.6 is 23.4 Å². The highest BCUT2D eigenvalue weighted by Crippen LogP contribution is 2.33. The largest absolute Gasteiger partial charge is 0.496 e. The lowest BCUT2D eigenvalue weighted by Crippen LogP contribution is -1.90. The Labute approximate surface area is 109 Å². The average Bonchev–Trinajstić information content (AvgIpc) is 2.28. The summed E-state index contributed by atoms with van der Waals surface area (Å²) in [5, 5.41) is 1.08. The van der Waals surface area contributed by atoms with E-state index in [2.05, 4.69) is 9.97 Å². The molecular weight excluding hydrogens is 256 g/mol. The summed E-state index contributed by atoms with van der Waals surface area (Å²) in [4.78, 5) is 9.20. The van der Waals surface area contributed by atoms with E-state index in [1.807, 2.05) is 37.3 Å². The van der Waals surface area contributed by atoms with Gasteiger partial charge in [0.15, 0.2) is 0 Å². The zero-order valence-corrected chi connectivity index (χ0v) is 11.0. The third-order valence-corrected chi connectivity index (χ3v) is 3.23. The predicted octanol–water partition coefficient (Wildman–Crippen LogP) is 3.60. The van der Waals surface area contributed by atoms with Gasteiger partial charge in [0.1, 0.15) is 10.8 Å². The number of methoxy groups -OCH3 is 1. The summed E-state index contributed by atoms with van der Waals surface area (Å²) < 4.78 is 5.28. The minimum absolute atomic E-state index is 0.266. The van der Waals surface area contributed by atoms with Crippen molar-refractivity contribution in [3.8, 4) is 5.75 Å². The van der Waals surface area contributed by atoms with Gasteiger partial charge in [0.25, 0.3) is 0 Å². The first-order valence-corrected chi connectivity index (χ1v) is 6.20. The van der Waals surface area contributed by atoms with Crippen molar-refractivity contribution in [3.63, 3.8) is 0 Å². The molecule has 0 fully saturated rings. The fourth-order valence-electron chi connectivity index (χ4n) is 1.37. The molecule has 1 aromatic carbocycles. The van der Waals surface area contributed by atoms with Gasteiger partial charge in [-0.15, -0.1) is 0 Å². The smallest absolute Gasteiger partial charge is 0.223 e. The Morgan fingerprint density at radius 2 is 2.00 bits per heavy atom. The SMILES string of the molecule is COc1ccccc1Sc1cc(C)nc(Cl)n1. The average molecular weight is 267 g/mol. The van der Waals surface area contributed by atoms with Gasteiger partial charge in [0.2, 0.25) is 5.28 Å². The lowest BCUT2D eigenvalue weighted by molar-refractivity contribution is 0.405. The van der Waals surface area contributed by atoms with Crippen LogP contribution in [0.2, 0.25) is 5.28 Å². The van der Waals surface area contributed by atoms with Crippen molar-refractivity contribution in [2.45, 2.75) is 16.8 Å². The molecule has 17 heavy (non-hydrogen) atoms. The molecule has 0 aliphatic rings. The van der Waals surface area contributed by atoms with Gasteiger partial charge < -0.3 is 4.74 Å². The Morgan fingerprint density at radius 3 is 2.71 bits per heavy atom. The lowest BCUT2D eigenvalue weighted by Gasteiger charge is -2.07. The van der Waals surface area contributed by atoms with Crippen LogP contribution in [0.25, 0.3) is 0 Å². The van der Waals surface area contributed by atoms with E-state index in [1.54, 1.807) is 7.11 Å². The van der Waals surface area contributed by atoms with Gasteiger partial charge in [-0.2, -0.15) is 0 Å². The molecule has 0 saturated heterocycles. The van der Waals surface area contributed by atoms with Gasteiger partial charge in [0.05, 0.1) is 12.0 Å². The fraction of sp³-hybridized carbons (Fsp3) is 0.167. The molecule has 5 heteroatoms. The summed E-state index contributed by atoms with van der Waals surface area (Å²) in [7, 11) is 1.65. The molecule has 0 spiro atoms. The fourth-order valence-corrected chi connectivity index (χ4v) is 2.63. The van der Waals surface area contributed by atoms with Crippen molar-refractivity contribution in [3.05, 3.63) is 41.3 Å². The molecule has 1 aromatic heterocycles. The van der Waals surface area contributed by atoms with Crippen molar-refractivity contribution in [2.75, 3.05) is 7.11 Å². The van der Waals surface area contributed by atoms with E-state index in [1.165, 1.54) is 11.8 Å². The Balaban J connectivity index is 2.31. The molecule has 2 aromatic rings.